The highest BCUT2D eigenvalue weighted by atomic mass is 79.9. The first-order valence-corrected chi connectivity index (χ1v) is 4.76. The lowest BCUT2D eigenvalue weighted by atomic mass is 10.0. The predicted octanol–water partition coefficient (Wildman–Crippen LogP) is 3.12. The number of hydrogen-bond acceptors (Lipinski definition) is 1. The summed E-state index contributed by atoms with van der Waals surface area (Å²) in [6, 6.07) is 4.00. The smallest absolute Gasteiger partial charge is 0.0762 e. The molecule has 0 spiro atoms. The molecule has 0 aliphatic carbocycles. The fourth-order valence-electron chi connectivity index (χ4n) is 1.22. The van der Waals surface area contributed by atoms with Crippen LogP contribution in [0.15, 0.2) is 16.6 Å². The van der Waals surface area contributed by atoms with Crippen LogP contribution < -0.4 is 0 Å². The lowest BCUT2D eigenvalue weighted by molar-refractivity contribution is 0.199. The summed E-state index contributed by atoms with van der Waals surface area (Å²) in [5.74, 6) is 0. The second kappa shape index (κ2) is 3.58. The number of aryl methyl sites for hydroxylation is 2. The Balaban J connectivity index is 3.21. The molecule has 0 amide bonds. The van der Waals surface area contributed by atoms with Crippen molar-refractivity contribution in [3.63, 3.8) is 0 Å². The lowest BCUT2D eigenvalue weighted by Gasteiger charge is -2.09. The van der Waals surface area contributed by atoms with Gasteiger partial charge in [0.15, 0.2) is 0 Å². The van der Waals surface area contributed by atoms with Crippen LogP contribution in [-0.2, 0) is 0 Å². The van der Waals surface area contributed by atoms with E-state index in [4.69, 9.17) is 0 Å². The molecule has 1 N–H and O–H groups in total. The third kappa shape index (κ3) is 1.87. The molecule has 1 aromatic rings. The van der Waals surface area contributed by atoms with Crippen LogP contribution in [0.2, 0.25) is 0 Å². The standard InChI is InChI=1S/C10H13BrO/c1-6-4-9(8(3)12)5-7(2)10(6)11/h4-5,8,12H,1-3H3/t8-/m0/s1. The van der Waals surface area contributed by atoms with Crippen LogP contribution in [0.1, 0.15) is 29.7 Å². The summed E-state index contributed by atoms with van der Waals surface area (Å²) >= 11 is 3.48. The Kier molecular flexibility index (Phi) is 2.91. The van der Waals surface area contributed by atoms with E-state index in [1.807, 2.05) is 26.0 Å². The second-order valence-corrected chi connectivity index (χ2v) is 3.94. The SMILES string of the molecule is Cc1cc([C@H](C)O)cc(C)c1Br. The Hall–Kier alpha value is -0.340. The largest absolute Gasteiger partial charge is 0.389 e. The van der Waals surface area contributed by atoms with Gasteiger partial charge in [0.1, 0.15) is 0 Å². The number of aliphatic hydroxyl groups excluding tert-OH is 1. The highest BCUT2D eigenvalue weighted by molar-refractivity contribution is 9.10. The molecule has 0 radical (unpaired) electrons. The topological polar surface area (TPSA) is 20.2 Å². The number of halogens is 1. The van der Waals surface area contributed by atoms with E-state index in [-0.39, 0.29) is 6.10 Å². The summed E-state index contributed by atoms with van der Waals surface area (Å²) in [5, 5.41) is 9.35. The van der Waals surface area contributed by atoms with E-state index in [1.165, 1.54) is 11.1 Å². The van der Waals surface area contributed by atoms with Gasteiger partial charge in [-0.05, 0) is 37.5 Å². The van der Waals surface area contributed by atoms with Crippen LogP contribution in [-0.4, -0.2) is 5.11 Å². The number of benzene rings is 1. The minimum atomic E-state index is -0.379. The van der Waals surface area contributed by atoms with Crippen LogP contribution in [0, 0.1) is 13.8 Å². The average Bonchev–Trinajstić information content (AvgIpc) is 1.99. The van der Waals surface area contributed by atoms with Crippen LogP contribution in [0.25, 0.3) is 0 Å². The molecule has 66 valence electrons. The Morgan fingerprint density at radius 3 is 2.00 bits per heavy atom. The van der Waals surface area contributed by atoms with E-state index in [1.54, 1.807) is 6.92 Å². The van der Waals surface area contributed by atoms with Gasteiger partial charge in [0.25, 0.3) is 0 Å². The van der Waals surface area contributed by atoms with Crippen molar-refractivity contribution in [3.05, 3.63) is 33.3 Å². The van der Waals surface area contributed by atoms with Gasteiger partial charge in [-0.1, -0.05) is 28.1 Å². The Morgan fingerprint density at radius 2 is 1.67 bits per heavy atom. The fraction of sp³-hybridized carbons (Fsp3) is 0.400. The van der Waals surface area contributed by atoms with E-state index in [0.717, 1.165) is 10.0 Å². The zero-order valence-electron chi connectivity index (χ0n) is 7.56. The molecule has 0 fully saturated rings. The van der Waals surface area contributed by atoms with Crippen molar-refractivity contribution in [2.45, 2.75) is 26.9 Å². The van der Waals surface area contributed by atoms with Gasteiger partial charge in [0.2, 0.25) is 0 Å². The minimum absolute atomic E-state index is 0.379. The van der Waals surface area contributed by atoms with E-state index in [9.17, 15) is 5.11 Å². The molecular weight excluding hydrogens is 216 g/mol. The van der Waals surface area contributed by atoms with Crippen molar-refractivity contribution in [3.8, 4) is 0 Å². The summed E-state index contributed by atoms with van der Waals surface area (Å²) in [5.41, 5.74) is 3.32. The molecule has 0 bridgehead atoms. The summed E-state index contributed by atoms with van der Waals surface area (Å²) in [6.07, 6.45) is -0.379. The monoisotopic (exact) mass is 228 g/mol. The molecule has 12 heavy (non-hydrogen) atoms. The molecule has 0 saturated heterocycles. The highest BCUT2D eigenvalue weighted by Gasteiger charge is 2.05. The molecule has 0 heterocycles. The molecule has 0 saturated carbocycles. The highest BCUT2D eigenvalue weighted by Crippen LogP contribution is 2.25. The summed E-state index contributed by atoms with van der Waals surface area (Å²) in [4.78, 5) is 0. The molecule has 0 aromatic heterocycles. The van der Waals surface area contributed by atoms with Gasteiger partial charge in [-0.2, -0.15) is 0 Å². The Bertz CT molecular complexity index is 269. The van der Waals surface area contributed by atoms with Crippen LogP contribution >= 0.6 is 15.9 Å². The zero-order valence-corrected chi connectivity index (χ0v) is 9.14. The van der Waals surface area contributed by atoms with E-state index >= 15 is 0 Å². The van der Waals surface area contributed by atoms with Crippen molar-refractivity contribution < 1.29 is 5.11 Å². The first-order valence-electron chi connectivity index (χ1n) is 3.97. The van der Waals surface area contributed by atoms with E-state index in [0.29, 0.717) is 0 Å². The van der Waals surface area contributed by atoms with Crippen LogP contribution in [0.5, 0.6) is 0 Å². The van der Waals surface area contributed by atoms with Crippen molar-refractivity contribution >= 4 is 15.9 Å². The summed E-state index contributed by atoms with van der Waals surface area (Å²) in [7, 11) is 0. The van der Waals surface area contributed by atoms with Crippen molar-refractivity contribution in [2.75, 3.05) is 0 Å². The maximum atomic E-state index is 9.35. The molecule has 2 heteroatoms. The molecule has 1 aromatic carbocycles. The van der Waals surface area contributed by atoms with E-state index < -0.39 is 0 Å². The summed E-state index contributed by atoms with van der Waals surface area (Å²) in [6.45, 7) is 5.84. The molecule has 1 nitrogen and oxygen atoms in total. The first kappa shape index (κ1) is 9.75. The number of rotatable bonds is 1. The van der Waals surface area contributed by atoms with Gasteiger partial charge in [-0.25, -0.2) is 0 Å². The maximum absolute atomic E-state index is 9.35. The second-order valence-electron chi connectivity index (χ2n) is 3.14. The number of hydrogen-bond donors (Lipinski definition) is 1. The average molecular weight is 229 g/mol. The predicted molar refractivity (Wildman–Crippen MR) is 54.2 cm³/mol. The van der Waals surface area contributed by atoms with Gasteiger partial charge in [0, 0.05) is 4.47 Å². The molecule has 1 rings (SSSR count). The van der Waals surface area contributed by atoms with Crippen molar-refractivity contribution in [2.24, 2.45) is 0 Å². The van der Waals surface area contributed by atoms with Gasteiger partial charge in [-0.3, -0.25) is 0 Å². The van der Waals surface area contributed by atoms with E-state index in [2.05, 4.69) is 15.9 Å². The minimum Gasteiger partial charge on any atom is -0.389 e. The van der Waals surface area contributed by atoms with Gasteiger partial charge < -0.3 is 5.11 Å². The summed E-state index contributed by atoms with van der Waals surface area (Å²) < 4.78 is 1.13. The Morgan fingerprint density at radius 1 is 1.25 bits per heavy atom. The molecule has 0 aliphatic rings. The molecule has 1 atom stereocenters. The third-order valence-electron chi connectivity index (χ3n) is 1.94. The van der Waals surface area contributed by atoms with Crippen LogP contribution in [0.3, 0.4) is 0 Å². The molecular formula is C10H13BrO. The van der Waals surface area contributed by atoms with Gasteiger partial charge >= 0.3 is 0 Å². The first-order chi connectivity index (χ1) is 5.52. The lowest BCUT2D eigenvalue weighted by Crippen LogP contribution is -1.93. The van der Waals surface area contributed by atoms with Gasteiger partial charge in [-0.15, -0.1) is 0 Å². The normalized spacial score (nSPS) is 13.1. The molecule has 0 aliphatic heterocycles. The third-order valence-corrected chi connectivity index (χ3v) is 3.19. The van der Waals surface area contributed by atoms with Gasteiger partial charge in [0.05, 0.1) is 6.10 Å². The van der Waals surface area contributed by atoms with Crippen molar-refractivity contribution in [1.29, 1.82) is 0 Å². The maximum Gasteiger partial charge on any atom is 0.0762 e. The molecule has 0 unspecified atom stereocenters. The van der Waals surface area contributed by atoms with Crippen molar-refractivity contribution in [1.82, 2.24) is 0 Å². The number of aliphatic hydroxyl groups is 1. The quantitative estimate of drug-likeness (QED) is 0.784. The fourth-order valence-corrected chi connectivity index (χ4v) is 1.45. The van der Waals surface area contributed by atoms with Crippen LogP contribution in [0.4, 0.5) is 0 Å². The zero-order chi connectivity index (χ0) is 9.30. The Labute approximate surface area is 81.6 Å².